The van der Waals surface area contributed by atoms with Crippen molar-refractivity contribution < 1.29 is 19.0 Å². The lowest BCUT2D eigenvalue weighted by atomic mass is 9.54. The first kappa shape index (κ1) is 23.9. The number of halogens is 1. The number of ether oxygens (including phenoxy) is 3. The van der Waals surface area contributed by atoms with Crippen LogP contribution in [-0.2, 0) is 25.6 Å². The number of carbonyl (C=O) groups excluding carboxylic acids is 1. The van der Waals surface area contributed by atoms with E-state index in [2.05, 4.69) is 5.32 Å². The Balaban J connectivity index is 0.00000364. The minimum Gasteiger partial charge on any atom is -0.379 e. The highest BCUT2D eigenvalue weighted by Crippen LogP contribution is 2.50. The average Bonchev–Trinajstić information content (AvgIpc) is 2.61. The summed E-state index contributed by atoms with van der Waals surface area (Å²) in [5.41, 5.74) is 6.80. The van der Waals surface area contributed by atoms with Gasteiger partial charge in [-0.15, -0.1) is 12.4 Å². The molecule has 27 heavy (non-hydrogen) atoms. The van der Waals surface area contributed by atoms with Gasteiger partial charge in [-0.3, -0.25) is 4.79 Å². The molecule has 7 heteroatoms. The topological polar surface area (TPSA) is 82.8 Å². The van der Waals surface area contributed by atoms with Crippen LogP contribution in [0.3, 0.4) is 0 Å². The molecular formula is C20H33ClN2O4. The molecule has 1 aromatic carbocycles. The molecular weight excluding hydrogens is 368 g/mol. The molecule has 2 rings (SSSR count). The van der Waals surface area contributed by atoms with Gasteiger partial charge in [-0.05, 0) is 31.5 Å². The predicted molar refractivity (Wildman–Crippen MR) is 109 cm³/mol. The molecule has 2 unspecified atom stereocenters. The van der Waals surface area contributed by atoms with Gasteiger partial charge < -0.3 is 25.3 Å². The third-order valence-corrected chi connectivity index (χ3v) is 5.26. The molecule has 0 aliphatic heterocycles. The lowest BCUT2D eigenvalue weighted by molar-refractivity contribution is -0.166. The van der Waals surface area contributed by atoms with Crippen LogP contribution >= 0.6 is 12.4 Å². The molecule has 0 radical (unpaired) electrons. The summed E-state index contributed by atoms with van der Waals surface area (Å²) >= 11 is 0. The Morgan fingerprint density at radius 1 is 1.22 bits per heavy atom. The largest absolute Gasteiger partial charge is 0.379 e. The fourth-order valence-electron chi connectivity index (χ4n) is 3.25. The van der Waals surface area contributed by atoms with Crippen molar-refractivity contribution in [2.24, 2.45) is 11.1 Å². The molecule has 2 atom stereocenters. The lowest BCUT2D eigenvalue weighted by Gasteiger charge is -2.57. The Labute approximate surface area is 168 Å². The maximum Gasteiger partial charge on any atom is 0.245 e. The van der Waals surface area contributed by atoms with Crippen LogP contribution in [0.15, 0.2) is 24.3 Å². The van der Waals surface area contributed by atoms with Gasteiger partial charge >= 0.3 is 0 Å². The molecule has 0 bridgehead atoms. The number of rotatable bonds is 10. The van der Waals surface area contributed by atoms with Crippen molar-refractivity contribution in [1.82, 2.24) is 0 Å². The number of carbonyl (C=O) groups is 1. The van der Waals surface area contributed by atoms with Crippen LogP contribution in [-0.4, -0.2) is 44.0 Å². The SMILES string of the molecule is CCOCCOCc1cccc(NC(=O)C2(N)CC(OCC)C2(C)C)c1.Cl. The average molecular weight is 401 g/mol. The normalized spacial score (nSPS) is 23.2. The van der Waals surface area contributed by atoms with Crippen molar-refractivity contribution in [1.29, 1.82) is 0 Å². The number of nitrogens with two attached hydrogens (primary N) is 1. The monoisotopic (exact) mass is 400 g/mol. The molecule has 1 amide bonds. The Hall–Kier alpha value is -1.18. The zero-order valence-corrected chi connectivity index (χ0v) is 17.6. The summed E-state index contributed by atoms with van der Waals surface area (Å²) < 4.78 is 16.5. The van der Waals surface area contributed by atoms with E-state index in [1.165, 1.54) is 0 Å². The molecule has 1 aromatic rings. The van der Waals surface area contributed by atoms with Gasteiger partial charge in [-0.25, -0.2) is 0 Å². The molecule has 6 nitrogen and oxygen atoms in total. The molecule has 154 valence electrons. The minimum atomic E-state index is -0.934. The second-order valence-electron chi connectivity index (χ2n) is 7.25. The van der Waals surface area contributed by atoms with E-state index in [0.29, 0.717) is 39.5 Å². The third kappa shape index (κ3) is 5.42. The number of hydrogen-bond donors (Lipinski definition) is 2. The summed E-state index contributed by atoms with van der Waals surface area (Å²) in [4.78, 5) is 12.8. The molecule has 3 N–H and O–H groups in total. The molecule has 0 spiro atoms. The van der Waals surface area contributed by atoms with Gasteiger partial charge in [0.05, 0.1) is 25.9 Å². The van der Waals surface area contributed by atoms with Crippen molar-refractivity contribution in [3.05, 3.63) is 29.8 Å². The van der Waals surface area contributed by atoms with E-state index < -0.39 is 11.0 Å². The van der Waals surface area contributed by atoms with Crippen LogP contribution in [0, 0.1) is 5.41 Å². The van der Waals surface area contributed by atoms with Gasteiger partial charge in [0.25, 0.3) is 0 Å². The number of nitrogens with one attached hydrogen (secondary N) is 1. The van der Waals surface area contributed by atoms with Crippen LogP contribution in [0.4, 0.5) is 5.69 Å². The van der Waals surface area contributed by atoms with Gasteiger partial charge in [0.2, 0.25) is 5.91 Å². The molecule has 1 saturated carbocycles. The molecule has 0 aromatic heterocycles. The second-order valence-corrected chi connectivity index (χ2v) is 7.25. The maximum atomic E-state index is 12.8. The smallest absolute Gasteiger partial charge is 0.245 e. The standard InChI is InChI=1S/C20H32N2O4.ClH/c1-5-24-10-11-25-14-15-8-7-9-16(12-15)22-18(23)20(21)13-17(26-6-2)19(20,3)4;/h7-9,12,17H,5-6,10-11,13-14,21H2,1-4H3,(H,22,23);1H. The summed E-state index contributed by atoms with van der Waals surface area (Å²) in [6, 6.07) is 7.63. The van der Waals surface area contributed by atoms with Crippen molar-refractivity contribution in [2.45, 2.75) is 52.4 Å². The van der Waals surface area contributed by atoms with Crippen LogP contribution in [0.2, 0.25) is 0 Å². The van der Waals surface area contributed by atoms with Crippen molar-refractivity contribution >= 4 is 24.0 Å². The first-order valence-electron chi connectivity index (χ1n) is 9.31. The van der Waals surface area contributed by atoms with Gasteiger partial charge in [0.1, 0.15) is 5.54 Å². The van der Waals surface area contributed by atoms with E-state index in [9.17, 15) is 4.79 Å². The number of hydrogen-bond acceptors (Lipinski definition) is 5. The Kier molecular flexibility index (Phi) is 9.18. The second kappa shape index (κ2) is 10.4. The Bertz CT molecular complexity index is 611. The highest BCUT2D eigenvalue weighted by atomic mass is 35.5. The molecule has 1 fully saturated rings. The Morgan fingerprint density at radius 3 is 2.56 bits per heavy atom. The van der Waals surface area contributed by atoms with E-state index in [-0.39, 0.29) is 24.4 Å². The van der Waals surface area contributed by atoms with Crippen LogP contribution < -0.4 is 11.1 Å². The van der Waals surface area contributed by atoms with Crippen LogP contribution in [0.25, 0.3) is 0 Å². The van der Waals surface area contributed by atoms with Crippen LogP contribution in [0.1, 0.15) is 39.7 Å². The first-order chi connectivity index (χ1) is 12.3. The van der Waals surface area contributed by atoms with Gasteiger partial charge in [0, 0.05) is 30.7 Å². The molecule has 1 aliphatic rings. The summed E-state index contributed by atoms with van der Waals surface area (Å²) in [7, 11) is 0. The van der Waals surface area contributed by atoms with Gasteiger partial charge in [-0.2, -0.15) is 0 Å². The summed E-state index contributed by atoms with van der Waals surface area (Å²) in [5, 5.41) is 2.95. The van der Waals surface area contributed by atoms with Crippen LogP contribution in [0.5, 0.6) is 0 Å². The summed E-state index contributed by atoms with van der Waals surface area (Å²) in [6.45, 7) is 10.8. The zero-order chi connectivity index (χ0) is 19.2. The minimum absolute atomic E-state index is 0. The number of benzene rings is 1. The van der Waals surface area contributed by atoms with Gasteiger partial charge in [0.15, 0.2) is 0 Å². The van der Waals surface area contributed by atoms with E-state index in [0.717, 1.165) is 11.3 Å². The van der Waals surface area contributed by atoms with E-state index in [1.807, 2.05) is 52.0 Å². The number of anilines is 1. The third-order valence-electron chi connectivity index (χ3n) is 5.26. The molecule has 0 saturated heterocycles. The highest BCUT2D eigenvalue weighted by Gasteiger charge is 2.62. The lowest BCUT2D eigenvalue weighted by Crippen LogP contribution is -2.74. The fourth-order valence-corrected chi connectivity index (χ4v) is 3.25. The molecule has 0 heterocycles. The van der Waals surface area contributed by atoms with Crippen molar-refractivity contribution in [2.75, 3.05) is 31.7 Å². The predicted octanol–water partition coefficient (Wildman–Crippen LogP) is 3.13. The number of amides is 1. The van der Waals surface area contributed by atoms with E-state index in [1.54, 1.807) is 0 Å². The van der Waals surface area contributed by atoms with E-state index >= 15 is 0 Å². The quantitative estimate of drug-likeness (QED) is 0.589. The Morgan fingerprint density at radius 2 is 1.93 bits per heavy atom. The van der Waals surface area contributed by atoms with Crippen molar-refractivity contribution in [3.63, 3.8) is 0 Å². The molecule has 1 aliphatic carbocycles. The van der Waals surface area contributed by atoms with Crippen molar-refractivity contribution in [3.8, 4) is 0 Å². The maximum absolute atomic E-state index is 12.8. The first-order valence-corrected chi connectivity index (χ1v) is 9.31. The van der Waals surface area contributed by atoms with E-state index in [4.69, 9.17) is 19.9 Å². The summed E-state index contributed by atoms with van der Waals surface area (Å²) in [5.74, 6) is -0.173. The fraction of sp³-hybridized carbons (Fsp3) is 0.650. The highest BCUT2D eigenvalue weighted by molar-refractivity contribution is 5.99. The summed E-state index contributed by atoms with van der Waals surface area (Å²) in [6.07, 6.45) is 0.535. The zero-order valence-electron chi connectivity index (χ0n) is 16.7. The van der Waals surface area contributed by atoms with Gasteiger partial charge in [-0.1, -0.05) is 26.0 Å².